The highest BCUT2D eigenvalue weighted by atomic mass is 16.6. The van der Waals surface area contributed by atoms with Crippen molar-refractivity contribution in [3.05, 3.63) is 79.9 Å². The molecule has 0 bridgehead atoms. The van der Waals surface area contributed by atoms with Crippen molar-refractivity contribution >= 4 is 11.4 Å². The molecule has 0 unspecified atom stereocenters. The molecule has 0 N–H and O–H groups in total. The zero-order chi connectivity index (χ0) is 17.8. The topological polar surface area (TPSA) is 108 Å². The van der Waals surface area contributed by atoms with Gasteiger partial charge < -0.3 is 9.47 Å². The number of non-ortho nitro benzene ring substituents is 2. The summed E-state index contributed by atoms with van der Waals surface area (Å²) >= 11 is 0. The molecule has 1 aliphatic heterocycles. The van der Waals surface area contributed by atoms with E-state index in [2.05, 4.69) is 0 Å². The molecule has 1 saturated heterocycles. The minimum Gasteiger partial charge on any atom is -0.374 e. The summed E-state index contributed by atoms with van der Waals surface area (Å²) in [6.45, 7) is 0.397. The largest absolute Gasteiger partial charge is 0.374 e. The number of nitrogens with zero attached hydrogens (tertiary/aromatic N) is 2. The Kier molecular flexibility index (Phi) is 5.01. The molecule has 1 fully saturated rings. The maximum atomic E-state index is 10.9. The van der Waals surface area contributed by atoms with Crippen molar-refractivity contribution in [3.63, 3.8) is 0 Å². The van der Waals surface area contributed by atoms with Crippen molar-refractivity contribution in [2.24, 2.45) is 0 Å². The molecule has 0 spiro atoms. The molecule has 2 aromatic rings. The SMILES string of the molecule is O=[N+]([O-])c1cc(COC[C@H]2O[C@@H]2Cc2ccccc2)cc([N+](=O)[O-])c1. The van der Waals surface area contributed by atoms with Gasteiger partial charge in [0.15, 0.2) is 0 Å². The molecular weight excluding hydrogens is 328 g/mol. The average molecular weight is 344 g/mol. The Labute approximate surface area is 143 Å². The first-order valence-electron chi connectivity index (χ1n) is 7.73. The van der Waals surface area contributed by atoms with Crippen LogP contribution in [0.25, 0.3) is 0 Å². The molecule has 1 heterocycles. The van der Waals surface area contributed by atoms with Gasteiger partial charge in [-0.2, -0.15) is 0 Å². The fourth-order valence-corrected chi connectivity index (χ4v) is 2.60. The predicted molar refractivity (Wildman–Crippen MR) is 88.2 cm³/mol. The van der Waals surface area contributed by atoms with Gasteiger partial charge in [0.25, 0.3) is 11.4 Å². The lowest BCUT2D eigenvalue weighted by molar-refractivity contribution is -0.394. The van der Waals surface area contributed by atoms with Gasteiger partial charge in [0.05, 0.1) is 35.2 Å². The van der Waals surface area contributed by atoms with E-state index in [1.807, 2.05) is 30.3 Å². The first-order chi connectivity index (χ1) is 12.0. The predicted octanol–water partition coefficient (Wildman–Crippen LogP) is 3.03. The highest BCUT2D eigenvalue weighted by Gasteiger charge is 2.38. The first-order valence-corrected chi connectivity index (χ1v) is 7.73. The minimum absolute atomic E-state index is 0.0195. The molecule has 8 nitrogen and oxygen atoms in total. The number of nitro benzene ring substituents is 2. The molecule has 2 atom stereocenters. The smallest absolute Gasteiger partial charge is 0.276 e. The third-order valence-corrected chi connectivity index (χ3v) is 3.90. The highest BCUT2D eigenvalue weighted by molar-refractivity contribution is 5.46. The van der Waals surface area contributed by atoms with Gasteiger partial charge in [-0.15, -0.1) is 0 Å². The number of epoxide rings is 1. The Balaban J connectivity index is 1.51. The van der Waals surface area contributed by atoms with Crippen molar-refractivity contribution in [1.82, 2.24) is 0 Å². The van der Waals surface area contributed by atoms with Gasteiger partial charge in [-0.25, -0.2) is 0 Å². The standard InChI is InChI=1S/C17H16N2O6/c20-18(21)14-6-13(7-15(9-14)19(22)23)10-24-11-17-16(25-17)8-12-4-2-1-3-5-12/h1-7,9,16-17H,8,10-11H2/t16-,17-/m1/s1. The van der Waals surface area contributed by atoms with Crippen LogP contribution in [0.1, 0.15) is 11.1 Å². The zero-order valence-corrected chi connectivity index (χ0v) is 13.2. The molecule has 0 amide bonds. The molecule has 3 rings (SSSR count). The molecule has 8 heteroatoms. The Hall–Kier alpha value is -2.84. The molecule has 0 saturated carbocycles. The van der Waals surface area contributed by atoms with Gasteiger partial charge in [-0.05, 0) is 11.1 Å². The maximum Gasteiger partial charge on any atom is 0.276 e. The molecule has 1 aliphatic rings. The summed E-state index contributed by atoms with van der Waals surface area (Å²) in [5.74, 6) is 0. The molecule has 130 valence electrons. The van der Waals surface area contributed by atoms with Gasteiger partial charge in [-0.3, -0.25) is 20.2 Å². The maximum absolute atomic E-state index is 10.9. The minimum atomic E-state index is -0.656. The third kappa shape index (κ3) is 4.59. The summed E-state index contributed by atoms with van der Waals surface area (Å²) in [5, 5.41) is 21.7. The second-order valence-corrected chi connectivity index (χ2v) is 5.79. The van der Waals surface area contributed by atoms with Crippen molar-refractivity contribution in [2.45, 2.75) is 25.2 Å². The number of nitro groups is 2. The van der Waals surface area contributed by atoms with Crippen LogP contribution in [-0.2, 0) is 22.5 Å². The Morgan fingerprint density at radius 2 is 1.56 bits per heavy atom. The lowest BCUT2D eigenvalue weighted by Gasteiger charge is -2.03. The summed E-state index contributed by atoms with van der Waals surface area (Å²) in [7, 11) is 0. The summed E-state index contributed by atoms with van der Waals surface area (Å²) < 4.78 is 11.1. The molecule has 0 radical (unpaired) electrons. The van der Waals surface area contributed by atoms with Crippen molar-refractivity contribution < 1.29 is 19.3 Å². The average Bonchev–Trinajstić information content (AvgIpc) is 3.33. The van der Waals surface area contributed by atoms with E-state index < -0.39 is 9.85 Å². The summed E-state index contributed by atoms with van der Waals surface area (Å²) in [5.41, 5.74) is 0.931. The van der Waals surface area contributed by atoms with Gasteiger partial charge in [0.1, 0.15) is 6.10 Å². The van der Waals surface area contributed by atoms with Crippen LogP contribution < -0.4 is 0 Å². The lowest BCUT2D eigenvalue weighted by Crippen LogP contribution is -2.07. The molecule has 0 aliphatic carbocycles. The van der Waals surface area contributed by atoms with E-state index >= 15 is 0 Å². The fraction of sp³-hybridized carbons (Fsp3) is 0.294. The third-order valence-electron chi connectivity index (χ3n) is 3.90. The van der Waals surface area contributed by atoms with Crippen LogP contribution in [0.2, 0.25) is 0 Å². The van der Waals surface area contributed by atoms with Crippen molar-refractivity contribution in [1.29, 1.82) is 0 Å². The molecule has 25 heavy (non-hydrogen) atoms. The zero-order valence-electron chi connectivity index (χ0n) is 13.2. The quantitative estimate of drug-likeness (QED) is 0.414. The van der Waals surface area contributed by atoms with E-state index in [1.165, 1.54) is 17.7 Å². The summed E-state index contributed by atoms with van der Waals surface area (Å²) in [6.07, 6.45) is 0.882. The monoisotopic (exact) mass is 344 g/mol. The fourth-order valence-electron chi connectivity index (χ4n) is 2.60. The van der Waals surface area contributed by atoms with Crippen LogP contribution in [0, 0.1) is 20.2 Å². The summed E-state index contributed by atoms with van der Waals surface area (Å²) in [4.78, 5) is 20.4. The number of hydrogen-bond acceptors (Lipinski definition) is 6. The van der Waals surface area contributed by atoms with E-state index in [-0.39, 0.29) is 30.2 Å². The van der Waals surface area contributed by atoms with Gasteiger partial charge >= 0.3 is 0 Å². The van der Waals surface area contributed by atoms with Crippen LogP contribution in [0.15, 0.2) is 48.5 Å². The summed E-state index contributed by atoms with van der Waals surface area (Å²) in [6, 6.07) is 13.4. The van der Waals surface area contributed by atoms with Gasteiger partial charge in [0.2, 0.25) is 0 Å². The van der Waals surface area contributed by atoms with Crippen molar-refractivity contribution in [3.8, 4) is 0 Å². The Morgan fingerprint density at radius 3 is 2.16 bits per heavy atom. The molecule has 2 aromatic carbocycles. The van der Waals surface area contributed by atoms with E-state index in [0.29, 0.717) is 12.2 Å². The lowest BCUT2D eigenvalue weighted by atomic mass is 10.1. The Morgan fingerprint density at radius 1 is 0.920 bits per heavy atom. The van der Waals surface area contributed by atoms with E-state index in [9.17, 15) is 20.2 Å². The second kappa shape index (κ2) is 7.37. The van der Waals surface area contributed by atoms with Crippen LogP contribution in [0.3, 0.4) is 0 Å². The van der Waals surface area contributed by atoms with E-state index in [1.54, 1.807) is 0 Å². The van der Waals surface area contributed by atoms with Gasteiger partial charge in [-0.1, -0.05) is 30.3 Å². The van der Waals surface area contributed by atoms with Crippen LogP contribution in [0.5, 0.6) is 0 Å². The second-order valence-electron chi connectivity index (χ2n) is 5.79. The number of benzene rings is 2. The van der Waals surface area contributed by atoms with Crippen LogP contribution in [0.4, 0.5) is 11.4 Å². The number of rotatable bonds is 8. The first kappa shape index (κ1) is 17.0. The van der Waals surface area contributed by atoms with E-state index in [0.717, 1.165) is 12.5 Å². The highest BCUT2D eigenvalue weighted by Crippen LogP contribution is 2.27. The normalized spacial score (nSPS) is 18.7. The van der Waals surface area contributed by atoms with Crippen molar-refractivity contribution in [2.75, 3.05) is 6.61 Å². The molecule has 0 aromatic heterocycles. The van der Waals surface area contributed by atoms with E-state index in [4.69, 9.17) is 9.47 Å². The van der Waals surface area contributed by atoms with Gasteiger partial charge in [0, 0.05) is 18.6 Å². The molecular formula is C17H16N2O6. The number of ether oxygens (including phenoxy) is 2. The number of hydrogen-bond donors (Lipinski definition) is 0. The van der Waals surface area contributed by atoms with Crippen LogP contribution >= 0.6 is 0 Å². The van der Waals surface area contributed by atoms with Crippen LogP contribution in [-0.4, -0.2) is 28.7 Å². The Bertz CT molecular complexity index is 748.